The lowest BCUT2D eigenvalue weighted by Gasteiger charge is -2.19. The normalized spacial score (nSPS) is 25.0. The van der Waals surface area contributed by atoms with Gasteiger partial charge in [0.1, 0.15) is 0 Å². The maximum absolute atomic E-state index is 10.0. The predicted molar refractivity (Wildman–Crippen MR) is 79.8 cm³/mol. The maximum Gasteiger partial charge on any atom is 0.0568 e. The summed E-state index contributed by atoms with van der Waals surface area (Å²) in [5, 5.41) is 10.0. The third kappa shape index (κ3) is 7.41. The van der Waals surface area contributed by atoms with Gasteiger partial charge < -0.3 is 5.11 Å². The first kappa shape index (κ1) is 16.0. The van der Waals surface area contributed by atoms with E-state index >= 15 is 0 Å². The highest BCUT2D eigenvalue weighted by Gasteiger charge is 2.20. The van der Waals surface area contributed by atoms with E-state index in [2.05, 4.69) is 6.92 Å². The van der Waals surface area contributed by atoms with Crippen LogP contribution in [0.5, 0.6) is 0 Å². The average Bonchev–Trinajstić information content (AvgIpc) is 2.58. The first-order chi connectivity index (χ1) is 8.84. The summed E-state index contributed by atoms with van der Waals surface area (Å²) in [4.78, 5) is 0. The van der Waals surface area contributed by atoms with Crippen LogP contribution in [0.2, 0.25) is 0 Å². The minimum Gasteiger partial charge on any atom is -0.393 e. The molecule has 1 rings (SSSR count). The van der Waals surface area contributed by atoms with E-state index in [9.17, 15) is 5.11 Å². The first-order valence-corrected chi connectivity index (χ1v) is 8.52. The summed E-state index contributed by atoms with van der Waals surface area (Å²) < 4.78 is 0. The monoisotopic (exact) mass is 254 g/mol. The fraction of sp³-hybridized carbons (Fsp3) is 1.00. The van der Waals surface area contributed by atoms with Crippen molar-refractivity contribution in [3.05, 3.63) is 0 Å². The van der Waals surface area contributed by atoms with Gasteiger partial charge in [-0.15, -0.1) is 0 Å². The largest absolute Gasteiger partial charge is 0.393 e. The van der Waals surface area contributed by atoms with Crippen LogP contribution in [-0.4, -0.2) is 11.2 Å². The van der Waals surface area contributed by atoms with Crippen molar-refractivity contribution in [3.63, 3.8) is 0 Å². The maximum atomic E-state index is 10.0. The van der Waals surface area contributed by atoms with Gasteiger partial charge >= 0.3 is 0 Å². The van der Waals surface area contributed by atoms with Gasteiger partial charge in [0.15, 0.2) is 0 Å². The highest BCUT2D eigenvalue weighted by molar-refractivity contribution is 4.72. The van der Waals surface area contributed by atoms with Gasteiger partial charge in [-0.05, 0) is 25.2 Å². The molecule has 1 aliphatic carbocycles. The molecule has 1 N–H and O–H groups in total. The van der Waals surface area contributed by atoms with Crippen LogP contribution < -0.4 is 0 Å². The molecule has 0 bridgehead atoms. The van der Waals surface area contributed by atoms with E-state index in [1.54, 1.807) is 0 Å². The molecular weight excluding hydrogens is 220 g/mol. The van der Waals surface area contributed by atoms with E-state index in [1.807, 2.05) is 0 Å². The molecule has 1 fully saturated rings. The second-order valence-corrected chi connectivity index (χ2v) is 6.23. The van der Waals surface area contributed by atoms with E-state index in [4.69, 9.17) is 0 Å². The number of unbranched alkanes of at least 4 members (excludes halogenated alkanes) is 7. The zero-order valence-electron chi connectivity index (χ0n) is 12.5. The molecule has 0 aromatic carbocycles. The second kappa shape index (κ2) is 10.8. The molecule has 1 saturated carbocycles. The van der Waals surface area contributed by atoms with Crippen molar-refractivity contribution in [1.29, 1.82) is 0 Å². The molecule has 108 valence electrons. The minimum absolute atomic E-state index is 0.0112. The molecule has 2 unspecified atom stereocenters. The molecule has 2 atom stereocenters. The summed E-state index contributed by atoms with van der Waals surface area (Å²) in [6.07, 6.45) is 18.7. The molecule has 0 heterocycles. The average molecular weight is 254 g/mol. The lowest BCUT2D eigenvalue weighted by molar-refractivity contribution is 0.0942. The Hall–Kier alpha value is -0.0400. The van der Waals surface area contributed by atoms with Crippen molar-refractivity contribution in [1.82, 2.24) is 0 Å². The number of aliphatic hydroxyl groups is 1. The summed E-state index contributed by atoms with van der Waals surface area (Å²) in [7, 11) is 0. The van der Waals surface area contributed by atoms with E-state index < -0.39 is 0 Å². The van der Waals surface area contributed by atoms with Crippen LogP contribution in [0.25, 0.3) is 0 Å². The molecule has 0 amide bonds. The number of aliphatic hydroxyl groups excluding tert-OH is 1. The molecule has 1 nitrogen and oxygen atoms in total. The minimum atomic E-state index is 0.0112. The molecule has 1 heteroatoms. The van der Waals surface area contributed by atoms with Gasteiger partial charge in [0.05, 0.1) is 6.10 Å². The summed E-state index contributed by atoms with van der Waals surface area (Å²) in [6, 6.07) is 0. The Morgan fingerprint density at radius 2 is 1.39 bits per heavy atom. The third-order valence-electron chi connectivity index (χ3n) is 4.55. The van der Waals surface area contributed by atoms with Gasteiger partial charge in [0.2, 0.25) is 0 Å². The highest BCUT2D eigenvalue weighted by atomic mass is 16.3. The zero-order chi connectivity index (χ0) is 13.1. The summed E-state index contributed by atoms with van der Waals surface area (Å²) in [5.74, 6) is 0.618. The van der Waals surface area contributed by atoms with Crippen molar-refractivity contribution in [2.75, 3.05) is 0 Å². The van der Waals surface area contributed by atoms with Crippen molar-refractivity contribution < 1.29 is 5.11 Å². The van der Waals surface area contributed by atoms with Gasteiger partial charge in [-0.2, -0.15) is 0 Å². The Kier molecular flexibility index (Phi) is 9.65. The fourth-order valence-corrected chi connectivity index (χ4v) is 3.24. The van der Waals surface area contributed by atoms with E-state index in [0.29, 0.717) is 5.92 Å². The van der Waals surface area contributed by atoms with E-state index in [1.165, 1.54) is 83.5 Å². The van der Waals surface area contributed by atoms with Gasteiger partial charge in [-0.25, -0.2) is 0 Å². The molecule has 0 aromatic rings. The van der Waals surface area contributed by atoms with Crippen LogP contribution in [-0.2, 0) is 0 Å². The molecule has 0 radical (unpaired) electrons. The molecule has 0 aromatic heterocycles. The van der Waals surface area contributed by atoms with Gasteiger partial charge in [0, 0.05) is 0 Å². The Morgan fingerprint density at radius 3 is 2.11 bits per heavy atom. The fourth-order valence-electron chi connectivity index (χ4n) is 3.24. The van der Waals surface area contributed by atoms with Crippen LogP contribution in [0, 0.1) is 5.92 Å². The van der Waals surface area contributed by atoms with Crippen molar-refractivity contribution >= 4 is 0 Å². The first-order valence-electron chi connectivity index (χ1n) is 8.52. The van der Waals surface area contributed by atoms with Crippen LogP contribution in [0.3, 0.4) is 0 Å². The second-order valence-electron chi connectivity index (χ2n) is 6.23. The van der Waals surface area contributed by atoms with Crippen molar-refractivity contribution in [2.45, 2.75) is 103 Å². The molecular formula is C17H34O. The number of rotatable bonds is 9. The standard InChI is InChI=1S/C17H34O/c1-2-3-4-5-6-7-8-10-13-16-14-11-9-12-15-17(16)18/h16-18H,2-15H2,1H3. The smallest absolute Gasteiger partial charge is 0.0568 e. The van der Waals surface area contributed by atoms with Gasteiger partial charge in [-0.1, -0.05) is 77.6 Å². The molecule has 0 spiro atoms. The van der Waals surface area contributed by atoms with Gasteiger partial charge in [0.25, 0.3) is 0 Å². The van der Waals surface area contributed by atoms with Crippen LogP contribution in [0.15, 0.2) is 0 Å². The van der Waals surface area contributed by atoms with Crippen molar-refractivity contribution in [2.24, 2.45) is 5.92 Å². The van der Waals surface area contributed by atoms with E-state index in [0.717, 1.165) is 6.42 Å². The Balaban J connectivity index is 1.93. The summed E-state index contributed by atoms with van der Waals surface area (Å²) >= 11 is 0. The number of hydrogen-bond donors (Lipinski definition) is 1. The lowest BCUT2D eigenvalue weighted by atomic mass is 9.91. The van der Waals surface area contributed by atoms with Crippen LogP contribution in [0.1, 0.15) is 96.8 Å². The summed E-state index contributed by atoms with van der Waals surface area (Å²) in [5.41, 5.74) is 0. The Bertz CT molecular complexity index is 178. The van der Waals surface area contributed by atoms with Gasteiger partial charge in [-0.3, -0.25) is 0 Å². The van der Waals surface area contributed by atoms with E-state index in [-0.39, 0.29) is 6.10 Å². The Labute approximate surface area is 114 Å². The quantitative estimate of drug-likeness (QED) is 0.428. The number of hydrogen-bond acceptors (Lipinski definition) is 1. The molecule has 18 heavy (non-hydrogen) atoms. The summed E-state index contributed by atoms with van der Waals surface area (Å²) in [6.45, 7) is 2.28. The molecule has 0 saturated heterocycles. The molecule has 1 aliphatic rings. The zero-order valence-corrected chi connectivity index (χ0v) is 12.5. The molecule has 0 aliphatic heterocycles. The Morgan fingerprint density at radius 1 is 0.778 bits per heavy atom. The SMILES string of the molecule is CCCCCCCCCCC1CCCCCC1O. The predicted octanol–water partition coefficient (Wildman–Crippen LogP) is 5.46. The third-order valence-corrected chi connectivity index (χ3v) is 4.55. The van der Waals surface area contributed by atoms with Crippen LogP contribution in [0.4, 0.5) is 0 Å². The van der Waals surface area contributed by atoms with Crippen LogP contribution >= 0.6 is 0 Å². The highest BCUT2D eigenvalue weighted by Crippen LogP contribution is 2.27. The topological polar surface area (TPSA) is 20.2 Å². The lowest BCUT2D eigenvalue weighted by Crippen LogP contribution is -2.18. The van der Waals surface area contributed by atoms with Crippen molar-refractivity contribution in [3.8, 4) is 0 Å².